The lowest BCUT2D eigenvalue weighted by Crippen LogP contribution is -2.13. The summed E-state index contributed by atoms with van der Waals surface area (Å²) < 4.78 is 0. The van der Waals surface area contributed by atoms with Crippen molar-refractivity contribution >= 4 is 23.1 Å². The SMILES string of the molecule is CC(Nc1nc2c(cc1C(=O)O)CCC2)c1cccs1. The summed E-state index contributed by atoms with van der Waals surface area (Å²) in [5, 5.41) is 14.6. The lowest BCUT2D eigenvalue weighted by Gasteiger charge is -2.16. The van der Waals surface area contributed by atoms with Crippen LogP contribution in [-0.2, 0) is 12.8 Å². The lowest BCUT2D eigenvalue weighted by atomic mass is 10.1. The Kier molecular flexibility index (Phi) is 3.44. The highest BCUT2D eigenvalue weighted by Crippen LogP contribution is 2.28. The minimum Gasteiger partial charge on any atom is -0.478 e. The van der Waals surface area contributed by atoms with Crippen LogP contribution < -0.4 is 5.32 Å². The minimum atomic E-state index is -0.923. The van der Waals surface area contributed by atoms with Crippen molar-refractivity contribution in [1.82, 2.24) is 4.98 Å². The summed E-state index contributed by atoms with van der Waals surface area (Å²) >= 11 is 1.65. The number of fused-ring (bicyclic) bond motifs is 1. The highest BCUT2D eigenvalue weighted by atomic mass is 32.1. The van der Waals surface area contributed by atoms with Crippen molar-refractivity contribution in [2.24, 2.45) is 0 Å². The number of thiophene rings is 1. The Labute approximate surface area is 121 Å². The van der Waals surface area contributed by atoms with E-state index < -0.39 is 5.97 Å². The number of carbonyl (C=O) groups is 1. The molecule has 2 aromatic rings. The second-order valence-electron chi connectivity index (χ2n) is 5.03. The molecule has 0 radical (unpaired) electrons. The summed E-state index contributed by atoms with van der Waals surface area (Å²) in [7, 11) is 0. The number of aryl methyl sites for hydroxylation is 2. The molecule has 0 bridgehead atoms. The third kappa shape index (κ3) is 2.41. The van der Waals surface area contributed by atoms with E-state index in [-0.39, 0.29) is 11.6 Å². The third-order valence-electron chi connectivity index (χ3n) is 3.60. The van der Waals surface area contributed by atoms with Crippen LogP contribution in [0, 0.1) is 0 Å². The van der Waals surface area contributed by atoms with Gasteiger partial charge in [-0.25, -0.2) is 9.78 Å². The molecule has 104 valence electrons. The van der Waals surface area contributed by atoms with Crippen molar-refractivity contribution in [2.45, 2.75) is 32.2 Å². The monoisotopic (exact) mass is 288 g/mol. The van der Waals surface area contributed by atoms with Crippen LogP contribution in [0.1, 0.15) is 45.9 Å². The van der Waals surface area contributed by atoms with E-state index in [4.69, 9.17) is 0 Å². The molecular formula is C15H16N2O2S. The maximum absolute atomic E-state index is 11.4. The summed E-state index contributed by atoms with van der Waals surface area (Å²) in [5.41, 5.74) is 2.39. The lowest BCUT2D eigenvalue weighted by molar-refractivity contribution is 0.0697. The minimum absolute atomic E-state index is 0.0556. The molecule has 2 N–H and O–H groups in total. The number of hydrogen-bond donors (Lipinski definition) is 2. The number of hydrogen-bond acceptors (Lipinski definition) is 4. The summed E-state index contributed by atoms with van der Waals surface area (Å²) in [6.07, 6.45) is 2.94. The second-order valence-corrected chi connectivity index (χ2v) is 6.01. The Bertz CT molecular complexity index is 638. The molecule has 1 atom stereocenters. The number of aromatic carboxylic acids is 1. The molecule has 1 aliphatic carbocycles. The molecule has 0 fully saturated rings. The quantitative estimate of drug-likeness (QED) is 0.904. The van der Waals surface area contributed by atoms with Crippen molar-refractivity contribution < 1.29 is 9.90 Å². The van der Waals surface area contributed by atoms with Gasteiger partial charge in [-0.3, -0.25) is 0 Å². The van der Waals surface area contributed by atoms with Gasteiger partial charge in [0.25, 0.3) is 0 Å². The smallest absolute Gasteiger partial charge is 0.339 e. The van der Waals surface area contributed by atoms with Gasteiger partial charge in [-0.15, -0.1) is 11.3 Å². The van der Waals surface area contributed by atoms with Gasteiger partial charge in [-0.05, 0) is 49.3 Å². The Morgan fingerprint density at radius 2 is 2.35 bits per heavy atom. The molecule has 0 aromatic carbocycles. The normalized spacial score (nSPS) is 14.8. The van der Waals surface area contributed by atoms with E-state index in [1.54, 1.807) is 17.4 Å². The number of anilines is 1. The summed E-state index contributed by atoms with van der Waals surface area (Å²) in [6.45, 7) is 2.02. The Morgan fingerprint density at radius 3 is 3.05 bits per heavy atom. The predicted molar refractivity (Wildman–Crippen MR) is 79.6 cm³/mol. The van der Waals surface area contributed by atoms with Crippen LogP contribution in [0.25, 0.3) is 0 Å². The van der Waals surface area contributed by atoms with Gasteiger partial charge >= 0.3 is 5.97 Å². The number of carboxylic acid groups (broad SMARTS) is 1. The van der Waals surface area contributed by atoms with Gasteiger partial charge in [0.1, 0.15) is 11.4 Å². The molecule has 0 aliphatic heterocycles. The molecule has 2 aromatic heterocycles. The van der Waals surface area contributed by atoms with Gasteiger partial charge in [-0.2, -0.15) is 0 Å². The summed E-state index contributed by atoms with van der Waals surface area (Å²) in [5.74, 6) is -0.438. The van der Waals surface area contributed by atoms with E-state index in [1.165, 1.54) is 4.88 Å². The maximum atomic E-state index is 11.4. The van der Waals surface area contributed by atoms with Gasteiger partial charge < -0.3 is 10.4 Å². The topological polar surface area (TPSA) is 62.2 Å². The van der Waals surface area contributed by atoms with Gasteiger partial charge in [0.15, 0.2) is 0 Å². The molecular weight excluding hydrogens is 272 g/mol. The van der Waals surface area contributed by atoms with E-state index in [0.29, 0.717) is 5.82 Å². The van der Waals surface area contributed by atoms with Crippen LogP contribution in [0.5, 0.6) is 0 Å². The molecule has 3 rings (SSSR count). The van der Waals surface area contributed by atoms with Crippen molar-refractivity contribution in [3.63, 3.8) is 0 Å². The molecule has 2 heterocycles. The fourth-order valence-electron chi connectivity index (χ4n) is 2.56. The standard InChI is InChI=1S/C15H16N2O2S/c1-9(13-6-3-7-20-13)16-14-11(15(18)19)8-10-4-2-5-12(10)17-14/h3,6-9H,2,4-5H2,1H3,(H,16,17)(H,18,19). The molecule has 5 heteroatoms. The summed E-state index contributed by atoms with van der Waals surface area (Å²) in [6, 6.07) is 5.86. The zero-order chi connectivity index (χ0) is 14.1. The van der Waals surface area contributed by atoms with Gasteiger partial charge in [0.2, 0.25) is 0 Å². The van der Waals surface area contributed by atoms with Crippen LogP contribution in [-0.4, -0.2) is 16.1 Å². The van der Waals surface area contributed by atoms with E-state index in [0.717, 1.165) is 30.5 Å². The largest absolute Gasteiger partial charge is 0.478 e. The molecule has 1 unspecified atom stereocenters. The van der Waals surface area contributed by atoms with Gasteiger partial charge in [0.05, 0.1) is 6.04 Å². The number of aromatic nitrogens is 1. The first-order valence-corrected chi connectivity index (χ1v) is 7.59. The van der Waals surface area contributed by atoms with Gasteiger partial charge in [0, 0.05) is 10.6 Å². The zero-order valence-corrected chi connectivity index (χ0v) is 12.0. The molecule has 1 aliphatic rings. The molecule has 4 nitrogen and oxygen atoms in total. The number of nitrogens with one attached hydrogen (secondary N) is 1. The van der Waals surface area contributed by atoms with E-state index in [9.17, 15) is 9.90 Å². The van der Waals surface area contributed by atoms with E-state index >= 15 is 0 Å². The number of nitrogens with zero attached hydrogens (tertiary/aromatic N) is 1. The molecule has 0 saturated carbocycles. The first-order valence-electron chi connectivity index (χ1n) is 6.71. The van der Waals surface area contributed by atoms with Crippen LogP contribution in [0.3, 0.4) is 0 Å². The van der Waals surface area contributed by atoms with Crippen molar-refractivity contribution in [3.8, 4) is 0 Å². The molecule has 20 heavy (non-hydrogen) atoms. The van der Waals surface area contributed by atoms with E-state index in [1.807, 2.05) is 24.4 Å². The average Bonchev–Trinajstić information content (AvgIpc) is 3.08. The average molecular weight is 288 g/mol. The number of pyridine rings is 1. The predicted octanol–water partition coefficient (Wildman–Crippen LogP) is 3.50. The van der Waals surface area contributed by atoms with Crippen LogP contribution in [0.4, 0.5) is 5.82 Å². The van der Waals surface area contributed by atoms with Gasteiger partial charge in [-0.1, -0.05) is 6.07 Å². The van der Waals surface area contributed by atoms with Crippen molar-refractivity contribution in [1.29, 1.82) is 0 Å². The number of rotatable bonds is 4. The Balaban J connectivity index is 1.94. The zero-order valence-electron chi connectivity index (χ0n) is 11.2. The third-order valence-corrected chi connectivity index (χ3v) is 4.66. The molecule has 0 spiro atoms. The maximum Gasteiger partial charge on any atom is 0.339 e. The highest BCUT2D eigenvalue weighted by molar-refractivity contribution is 7.10. The second kappa shape index (κ2) is 5.25. The first-order chi connectivity index (χ1) is 9.65. The van der Waals surface area contributed by atoms with Crippen molar-refractivity contribution in [3.05, 3.63) is 45.3 Å². The van der Waals surface area contributed by atoms with Crippen LogP contribution in [0.15, 0.2) is 23.6 Å². The first kappa shape index (κ1) is 13.1. The van der Waals surface area contributed by atoms with Crippen LogP contribution in [0.2, 0.25) is 0 Å². The summed E-state index contributed by atoms with van der Waals surface area (Å²) in [4.78, 5) is 17.1. The molecule has 0 amide bonds. The Hall–Kier alpha value is -1.88. The van der Waals surface area contributed by atoms with Crippen LogP contribution >= 0.6 is 11.3 Å². The van der Waals surface area contributed by atoms with E-state index in [2.05, 4.69) is 10.3 Å². The fourth-order valence-corrected chi connectivity index (χ4v) is 3.29. The number of carboxylic acids is 1. The van der Waals surface area contributed by atoms with Crippen molar-refractivity contribution in [2.75, 3.05) is 5.32 Å². The fraction of sp³-hybridized carbons (Fsp3) is 0.333. The Morgan fingerprint density at radius 1 is 1.50 bits per heavy atom. The highest BCUT2D eigenvalue weighted by Gasteiger charge is 2.21. The molecule has 0 saturated heterocycles.